The average Bonchev–Trinajstić information content (AvgIpc) is 3.24. The Morgan fingerprint density at radius 2 is 1.89 bits per heavy atom. The number of allylic oxidation sites excluding steroid dienone is 2. The molecule has 0 unspecified atom stereocenters. The SMILES string of the molecule is CCn1ncc(NC(=O)c2ccc(OCCNC3=C(C(=N)C(F)(F)F)CCCC3)cc2)c1C(N)=O. The summed E-state index contributed by atoms with van der Waals surface area (Å²) in [6.45, 7) is 2.65. The zero-order chi connectivity index (χ0) is 25.6. The molecule has 0 bridgehead atoms. The second-order valence-electron chi connectivity index (χ2n) is 7.88. The molecule has 0 saturated heterocycles. The molecule has 2 aromatic rings. The smallest absolute Gasteiger partial charge is 0.432 e. The maximum absolute atomic E-state index is 12.9. The Balaban J connectivity index is 1.54. The van der Waals surface area contributed by atoms with E-state index in [0.29, 0.717) is 36.4 Å². The number of ether oxygens (including phenoxy) is 1. The molecule has 1 aromatic carbocycles. The normalized spacial score (nSPS) is 13.9. The molecule has 3 rings (SSSR count). The third-order valence-corrected chi connectivity index (χ3v) is 5.50. The van der Waals surface area contributed by atoms with Crippen LogP contribution >= 0.6 is 0 Å². The molecule has 2 amide bonds. The van der Waals surface area contributed by atoms with Crippen LogP contribution in [0.3, 0.4) is 0 Å². The number of primary amides is 1. The van der Waals surface area contributed by atoms with Gasteiger partial charge in [-0.05, 0) is 56.9 Å². The van der Waals surface area contributed by atoms with Crippen molar-refractivity contribution >= 4 is 23.2 Å². The number of halogens is 3. The fourth-order valence-electron chi connectivity index (χ4n) is 3.79. The molecular formula is C23H27F3N6O3. The molecule has 188 valence electrons. The van der Waals surface area contributed by atoms with Crippen LogP contribution in [-0.2, 0) is 6.54 Å². The summed E-state index contributed by atoms with van der Waals surface area (Å²) in [5.74, 6) is -0.690. The highest BCUT2D eigenvalue weighted by atomic mass is 19.4. The van der Waals surface area contributed by atoms with Crippen LogP contribution in [0.15, 0.2) is 41.7 Å². The van der Waals surface area contributed by atoms with E-state index in [-0.39, 0.29) is 36.5 Å². The van der Waals surface area contributed by atoms with Crippen molar-refractivity contribution < 1.29 is 27.5 Å². The Bertz CT molecular complexity index is 1120. The highest BCUT2D eigenvalue weighted by Crippen LogP contribution is 2.30. The van der Waals surface area contributed by atoms with Gasteiger partial charge in [0.25, 0.3) is 11.8 Å². The Morgan fingerprint density at radius 3 is 2.51 bits per heavy atom. The number of hydrogen-bond acceptors (Lipinski definition) is 6. The first-order valence-corrected chi connectivity index (χ1v) is 11.1. The molecule has 0 saturated carbocycles. The van der Waals surface area contributed by atoms with Gasteiger partial charge in [0.05, 0.1) is 11.9 Å². The Hall–Kier alpha value is -3.83. The largest absolute Gasteiger partial charge is 0.492 e. The van der Waals surface area contributed by atoms with E-state index in [9.17, 15) is 22.8 Å². The molecular weight excluding hydrogens is 465 g/mol. The predicted octanol–water partition coefficient (Wildman–Crippen LogP) is 3.63. The second-order valence-corrected chi connectivity index (χ2v) is 7.88. The molecule has 12 heteroatoms. The molecule has 9 nitrogen and oxygen atoms in total. The molecule has 0 atom stereocenters. The number of nitrogens with one attached hydrogen (secondary N) is 3. The minimum absolute atomic E-state index is 0.0167. The lowest BCUT2D eigenvalue weighted by Crippen LogP contribution is -2.30. The standard InChI is InChI=1S/C23H27F3N6O3/c1-2-32-19(21(28)33)18(13-30-32)31-22(34)14-7-9-15(10-8-14)35-12-11-29-17-6-4-3-5-16(17)20(27)23(24,25)26/h7-10,13,27,29H,2-6,11-12H2,1H3,(H2,28,33)(H,31,34). The fraction of sp³-hybridized carbons (Fsp3) is 0.391. The van der Waals surface area contributed by atoms with E-state index in [4.69, 9.17) is 15.9 Å². The number of anilines is 1. The summed E-state index contributed by atoms with van der Waals surface area (Å²) in [6, 6.07) is 6.26. The zero-order valence-electron chi connectivity index (χ0n) is 19.2. The van der Waals surface area contributed by atoms with Crippen molar-refractivity contribution in [2.24, 2.45) is 5.73 Å². The van der Waals surface area contributed by atoms with Gasteiger partial charge < -0.3 is 21.1 Å². The number of alkyl halides is 3. The van der Waals surface area contributed by atoms with Crippen molar-refractivity contribution in [2.45, 2.75) is 45.3 Å². The molecule has 1 aliphatic rings. The molecule has 1 aromatic heterocycles. The lowest BCUT2D eigenvalue weighted by atomic mass is 9.92. The van der Waals surface area contributed by atoms with Crippen LogP contribution in [0.25, 0.3) is 0 Å². The molecule has 0 aliphatic heterocycles. The van der Waals surface area contributed by atoms with E-state index in [1.165, 1.54) is 10.9 Å². The van der Waals surface area contributed by atoms with Gasteiger partial charge in [0.1, 0.15) is 23.8 Å². The fourth-order valence-corrected chi connectivity index (χ4v) is 3.79. The number of rotatable bonds is 10. The number of carbonyl (C=O) groups excluding carboxylic acids is 2. The minimum Gasteiger partial charge on any atom is -0.492 e. The van der Waals surface area contributed by atoms with Crippen molar-refractivity contribution in [3.63, 3.8) is 0 Å². The number of amides is 2. The van der Waals surface area contributed by atoms with Crippen LogP contribution in [0, 0.1) is 5.41 Å². The first-order chi connectivity index (χ1) is 16.6. The Kier molecular flexibility index (Phi) is 8.15. The zero-order valence-corrected chi connectivity index (χ0v) is 19.2. The van der Waals surface area contributed by atoms with Gasteiger partial charge in [0.15, 0.2) is 0 Å². The Labute approximate surface area is 200 Å². The molecule has 1 heterocycles. The molecule has 1 aliphatic carbocycles. The molecule has 35 heavy (non-hydrogen) atoms. The number of nitrogens with zero attached hydrogens (tertiary/aromatic N) is 2. The monoisotopic (exact) mass is 492 g/mol. The highest BCUT2D eigenvalue weighted by molar-refractivity contribution is 6.08. The van der Waals surface area contributed by atoms with Crippen LogP contribution < -0.4 is 21.1 Å². The molecule has 5 N–H and O–H groups in total. The number of carbonyl (C=O) groups is 2. The summed E-state index contributed by atoms with van der Waals surface area (Å²) in [5.41, 5.74) is 5.18. The Morgan fingerprint density at radius 1 is 1.20 bits per heavy atom. The van der Waals surface area contributed by atoms with Crippen molar-refractivity contribution in [1.82, 2.24) is 15.1 Å². The van der Waals surface area contributed by atoms with Gasteiger partial charge >= 0.3 is 6.18 Å². The third kappa shape index (κ3) is 6.40. The quantitative estimate of drug-likeness (QED) is 0.297. The number of hydrogen-bond donors (Lipinski definition) is 4. The first-order valence-electron chi connectivity index (χ1n) is 11.1. The highest BCUT2D eigenvalue weighted by Gasteiger charge is 2.38. The summed E-state index contributed by atoms with van der Waals surface area (Å²) in [7, 11) is 0. The van der Waals surface area contributed by atoms with Crippen molar-refractivity contribution in [2.75, 3.05) is 18.5 Å². The molecule has 0 fully saturated rings. The number of aromatic nitrogens is 2. The molecule has 0 spiro atoms. The van der Waals surface area contributed by atoms with Gasteiger partial charge in [0, 0.05) is 29.9 Å². The van der Waals surface area contributed by atoms with E-state index in [2.05, 4.69) is 15.7 Å². The maximum atomic E-state index is 12.9. The summed E-state index contributed by atoms with van der Waals surface area (Å²) < 4.78 is 45.8. The summed E-state index contributed by atoms with van der Waals surface area (Å²) >= 11 is 0. The van der Waals surface area contributed by atoms with Crippen LogP contribution in [0.1, 0.15) is 53.5 Å². The van der Waals surface area contributed by atoms with E-state index in [1.54, 1.807) is 31.2 Å². The van der Waals surface area contributed by atoms with E-state index in [0.717, 1.165) is 6.42 Å². The average molecular weight is 493 g/mol. The van der Waals surface area contributed by atoms with Gasteiger partial charge in [-0.3, -0.25) is 19.7 Å². The summed E-state index contributed by atoms with van der Waals surface area (Å²) in [5, 5.41) is 17.1. The van der Waals surface area contributed by atoms with Gasteiger partial charge in [-0.1, -0.05) is 0 Å². The van der Waals surface area contributed by atoms with E-state index < -0.39 is 23.7 Å². The summed E-state index contributed by atoms with van der Waals surface area (Å²) in [6.07, 6.45) is -1.23. The van der Waals surface area contributed by atoms with Gasteiger partial charge in [0.2, 0.25) is 0 Å². The number of benzene rings is 1. The van der Waals surface area contributed by atoms with Crippen LogP contribution in [0.5, 0.6) is 5.75 Å². The predicted molar refractivity (Wildman–Crippen MR) is 124 cm³/mol. The number of aryl methyl sites for hydroxylation is 1. The third-order valence-electron chi connectivity index (χ3n) is 5.50. The van der Waals surface area contributed by atoms with Gasteiger partial charge in [-0.15, -0.1) is 0 Å². The minimum atomic E-state index is -4.66. The lowest BCUT2D eigenvalue weighted by Gasteiger charge is -2.23. The van der Waals surface area contributed by atoms with Crippen molar-refractivity contribution in [1.29, 1.82) is 5.41 Å². The topological polar surface area (TPSA) is 135 Å². The van der Waals surface area contributed by atoms with Crippen molar-refractivity contribution in [3.8, 4) is 5.75 Å². The second kappa shape index (κ2) is 11.1. The van der Waals surface area contributed by atoms with Crippen LogP contribution in [0.2, 0.25) is 0 Å². The van der Waals surface area contributed by atoms with Crippen molar-refractivity contribution in [3.05, 3.63) is 53.0 Å². The maximum Gasteiger partial charge on any atom is 0.432 e. The number of nitrogens with two attached hydrogens (primary N) is 1. The van der Waals surface area contributed by atoms with Gasteiger partial charge in [-0.25, -0.2) is 0 Å². The van der Waals surface area contributed by atoms with Gasteiger partial charge in [-0.2, -0.15) is 18.3 Å². The first kappa shape index (κ1) is 25.8. The van der Waals surface area contributed by atoms with E-state index >= 15 is 0 Å². The van der Waals surface area contributed by atoms with E-state index in [1.807, 2.05) is 0 Å². The molecule has 0 radical (unpaired) electrons. The van der Waals surface area contributed by atoms with Crippen LogP contribution in [-0.4, -0.2) is 46.6 Å². The van der Waals surface area contributed by atoms with Crippen LogP contribution in [0.4, 0.5) is 18.9 Å². The summed E-state index contributed by atoms with van der Waals surface area (Å²) in [4.78, 5) is 24.2. The lowest BCUT2D eigenvalue weighted by molar-refractivity contribution is -0.0592.